The van der Waals surface area contributed by atoms with Gasteiger partial charge >= 0.3 is 0 Å². The number of anilines is 2. The number of hydrogen-bond donors (Lipinski definition) is 4. The number of rotatable bonds is 4. The standard InChI is InChI=1S/C18H16N2O4/c19-13-9-11(5-7-15(13)21)23-17-3-1-2-4-18(17)24-12-6-8-16(22)14(20)10-12/h1-10,21-22H,19-20H2. The Balaban J connectivity index is 1.87. The number of nitrogens with two attached hydrogens (primary N) is 2. The van der Waals surface area contributed by atoms with Crippen LogP contribution in [0.15, 0.2) is 60.7 Å². The predicted molar refractivity (Wildman–Crippen MR) is 91.6 cm³/mol. The fourth-order valence-electron chi connectivity index (χ4n) is 2.06. The van der Waals surface area contributed by atoms with Gasteiger partial charge in [-0.2, -0.15) is 0 Å². The average Bonchev–Trinajstić information content (AvgIpc) is 2.56. The molecule has 6 nitrogen and oxygen atoms in total. The fourth-order valence-corrected chi connectivity index (χ4v) is 2.06. The van der Waals surface area contributed by atoms with Crippen LogP contribution < -0.4 is 20.9 Å². The Morgan fingerprint density at radius 3 is 1.42 bits per heavy atom. The molecule has 24 heavy (non-hydrogen) atoms. The summed E-state index contributed by atoms with van der Waals surface area (Å²) < 4.78 is 11.5. The molecule has 0 unspecified atom stereocenters. The second-order valence-corrected chi connectivity index (χ2v) is 5.09. The van der Waals surface area contributed by atoms with Gasteiger partial charge in [-0.05, 0) is 36.4 Å². The highest BCUT2D eigenvalue weighted by atomic mass is 16.5. The molecule has 0 aliphatic rings. The predicted octanol–water partition coefficient (Wildman–Crippen LogP) is 3.85. The number of hydrogen-bond acceptors (Lipinski definition) is 6. The van der Waals surface area contributed by atoms with Gasteiger partial charge in [-0.3, -0.25) is 0 Å². The zero-order valence-corrected chi connectivity index (χ0v) is 12.6. The van der Waals surface area contributed by atoms with Crippen molar-refractivity contribution < 1.29 is 19.7 Å². The fraction of sp³-hybridized carbons (Fsp3) is 0. The Morgan fingerprint density at radius 2 is 1.04 bits per heavy atom. The van der Waals surface area contributed by atoms with Gasteiger partial charge in [0.1, 0.15) is 23.0 Å². The molecule has 0 saturated carbocycles. The van der Waals surface area contributed by atoms with Crippen LogP contribution in [0.1, 0.15) is 0 Å². The Hall–Kier alpha value is -3.54. The highest BCUT2D eigenvalue weighted by molar-refractivity contribution is 5.58. The molecule has 0 amide bonds. The molecule has 0 fully saturated rings. The van der Waals surface area contributed by atoms with Crippen molar-refractivity contribution >= 4 is 11.4 Å². The van der Waals surface area contributed by atoms with Gasteiger partial charge < -0.3 is 31.2 Å². The molecule has 0 spiro atoms. The molecule has 0 bridgehead atoms. The third-order valence-corrected chi connectivity index (χ3v) is 3.30. The first-order valence-electron chi connectivity index (χ1n) is 7.14. The van der Waals surface area contributed by atoms with Crippen molar-refractivity contribution in [3.8, 4) is 34.5 Å². The Bertz CT molecular complexity index is 808. The first-order chi connectivity index (χ1) is 11.5. The summed E-state index contributed by atoms with van der Waals surface area (Å²) in [7, 11) is 0. The van der Waals surface area contributed by atoms with Crippen LogP contribution in [0.4, 0.5) is 11.4 Å². The monoisotopic (exact) mass is 324 g/mol. The molecule has 3 aromatic carbocycles. The van der Waals surface area contributed by atoms with Crippen molar-refractivity contribution in [2.24, 2.45) is 0 Å². The van der Waals surface area contributed by atoms with E-state index < -0.39 is 0 Å². The summed E-state index contributed by atoms with van der Waals surface area (Å²) in [5.74, 6) is 1.85. The lowest BCUT2D eigenvalue weighted by molar-refractivity contribution is 0.417. The SMILES string of the molecule is Nc1cc(Oc2ccccc2Oc2ccc(O)c(N)c2)ccc1O. The number of aromatic hydroxyl groups is 2. The number of phenolic OH excluding ortho intramolecular Hbond substituents is 2. The molecule has 0 radical (unpaired) electrons. The van der Waals surface area contributed by atoms with Crippen molar-refractivity contribution in [3.05, 3.63) is 60.7 Å². The molecule has 0 saturated heterocycles. The maximum Gasteiger partial charge on any atom is 0.169 e. The van der Waals surface area contributed by atoms with E-state index in [1.807, 2.05) is 0 Å². The van der Waals surface area contributed by atoms with Crippen molar-refractivity contribution in [3.63, 3.8) is 0 Å². The van der Waals surface area contributed by atoms with Gasteiger partial charge in [0.05, 0.1) is 11.4 Å². The third kappa shape index (κ3) is 3.27. The van der Waals surface area contributed by atoms with Crippen LogP contribution in [0, 0.1) is 0 Å². The lowest BCUT2D eigenvalue weighted by atomic mass is 10.2. The van der Waals surface area contributed by atoms with E-state index in [-0.39, 0.29) is 22.9 Å². The van der Waals surface area contributed by atoms with Crippen LogP contribution in [0.25, 0.3) is 0 Å². The third-order valence-electron chi connectivity index (χ3n) is 3.30. The Morgan fingerprint density at radius 1 is 0.625 bits per heavy atom. The van der Waals surface area contributed by atoms with Crippen molar-refractivity contribution in [1.29, 1.82) is 0 Å². The minimum Gasteiger partial charge on any atom is -0.506 e. The topological polar surface area (TPSA) is 111 Å². The van der Waals surface area contributed by atoms with Crippen LogP contribution in [-0.4, -0.2) is 10.2 Å². The maximum absolute atomic E-state index is 9.47. The number of phenols is 2. The highest BCUT2D eigenvalue weighted by Gasteiger charge is 2.09. The summed E-state index contributed by atoms with van der Waals surface area (Å²) in [6.45, 7) is 0. The molecule has 0 heterocycles. The van der Waals surface area contributed by atoms with E-state index in [1.54, 1.807) is 36.4 Å². The largest absolute Gasteiger partial charge is 0.506 e. The molecule has 0 aromatic heterocycles. The molecule has 122 valence electrons. The van der Waals surface area contributed by atoms with Gasteiger partial charge in [-0.25, -0.2) is 0 Å². The highest BCUT2D eigenvalue weighted by Crippen LogP contribution is 2.37. The van der Waals surface area contributed by atoms with E-state index in [4.69, 9.17) is 20.9 Å². The van der Waals surface area contributed by atoms with Crippen LogP contribution >= 0.6 is 0 Å². The van der Waals surface area contributed by atoms with Gasteiger partial charge in [0.2, 0.25) is 0 Å². The van der Waals surface area contributed by atoms with Crippen molar-refractivity contribution in [2.75, 3.05) is 11.5 Å². The van der Waals surface area contributed by atoms with E-state index in [9.17, 15) is 10.2 Å². The summed E-state index contributed by atoms with van der Waals surface area (Å²) in [5, 5.41) is 18.9. The van der Waals surface area contributed by atoms with Crippen LogP contribution in [0.2, 0.25) is 0 Å². The van der Waals surface area contributed by atoms with Gasteiger partial charge in [0.25, 0.3) is 0 Å². The molecule has 0 atom stereocenters. The van der Waals surface area contributed by atoms with Crippen LogP contribution in [-0.2, 0) is 0 Å². The van der Waals surface area contributed by atoms with Gasteiger partial charge in [-0.15, -0.1) is 0 Å². The molecule has 0 aliphatic heterocycles. The quantitative estimate of drug-likeness (QED) is 0.428. The number of benzene rings is 3. The molecule has 3 rings (SSSR count). The van der Waals surface area contributed by atoms with E-state index in [2.05, 4.69) is 0 Å². The van der Waals surface area contributed by atoms with E-state index in [1.165, 1.54) is 24.3 Å². The zero-order valence-electron chi connectivity index (χ0n) is 12.6. The number of nitrogen functional groups attached to an aromatic ring is 2. The average molecular weight is 324 g/mol. The first kappa shape index (κ1) is 15.4. The van der Waals surface area contributed by atoms with Gasteiger partial charge in [0.15, 0.2) is 11.5 Å². The first-order valence-corrected chi connectivity index (χ1v) is 7.14. The van der Waals surface area contributed by atoms with Crippen LogP contribution in [0.3, 0.4) is 0 Å². The van der Waals surface area contributed by atoms with Gasteiger partial charge in [-0.1, -0.05) is 12.1 Å². The Kier molecular flexibility index (Phi) is 4.03. The molecule has 3 aromatic rings. The molecule has 0 aliphatic carbocycles. The maximum atomic E-state index is 9.47. The molecular weight excluding hydrogens is 308 g/mol. The summed E-state index contributed by atoms with van der Waals surface area (Å²) in [6, 6.07) is 16.2. The van der Waals surface area contributed by atoms with Crippen LogP contribution in [0.5, 0.6) is 34.5 Å². The second-order valence-electron chi connectivity index (χ2n) is 5.09. The summed E-state index contributed by atoms with van der Waals surface area (Å²) in [5.41, 5.74) is 11.8. The minimum absolute atomic E-state index is 0.00791. The second kappa shape index (κ2) is 6.29. The molecule has 6 heteroatoms. The normalized spacial score (nSPS) is 10.3. The summed E-state index contributed by atoms with van der Waals surface area (Å²) in [6.07, 6.45) is 0. The van der Waals surface area contributed by atoms with E-state index in [0.717, 1.165) is 0 Å². The molecular formula is C18H16N2O4. The van der Waals surface area contributed by atoms with Crippen molar-refractivity contribution in [1.82, 2.24) is 0 Å². The van der Waals surface area contributed by atoms with E-state index >= 15 is 0 Å². The van der Waals surface area contributed by atoms with Gasteiger partial charge in [0, 0.05) is 12.1 Å². The lowest BCUT2D eigenvalue weighted by Crippen LogP contribution is -1.93. The minimum atomic E-state index is -0.00791. The smallest absolute Gasteiger partial charge is 0.169 e. The molecule has 6 N–H and O–H groups in total. The van der Waals surface area contributed by atoms with E-state index in [0.29, 0.717) is 23.0 Å². The van der Waals surface area contributed by atoms with Crippen molar-refractivity contribution in [2.45, 2.75) is 0 Å². The number of ether oxygens (including phenoxy) is 2. The number of para-hydroxylation sites is 2. The lowest BCUT2D eigenvalue weighted by Gasteiger charge is -2.13. The summed E-state index contributed by atoms with van der Waals surface area (Å²) >= 11 is 0. The Labute approximate surface area is 138 Å². The summed E-state index contributed by atoms with van der Waals surface area (Å²) in [4.78, 5) is 0. The zero-order chi connectivity index (χ0) is 17.1.